The van der Waals surface area contributed by atoms with Crippen LogP contribution in [0.1, 0.15) is 47.0 Å². The van der Waals surface area contributed by atoms with Crippen LogP contribution >= 0.6 is 11.3 Å². The Balaban J connectivity index is 1.48. The molecule has 1 saturated carbocycles. The second-order valence-electron chi connectivity index (χ2n) is 6.06. The van der Waals surface area contributed by atoms with Crippen molar-refractivity contribution in [2.24, 2.45) is 0 Å². The van der Waals surface area contributed by atoms with E-state index in [-0.39, 0.29) is 6.54 Å². The number of aromatic nitrogens is 1. The van der Waals surface area contributed by atoms with E-state index in [1.54, 1.807) is 17.4 Å². The smallest absolute Gasteiger partial charge is 0.240 e. The molecule has 22 heavy (non-hydrogen) atoms. The fraction of sp³-hybridized carbons (Fsp3) is 0.438. The molecular weight excluding hydrogens is 316 g/mol. The molecule has 0 spiro atoms. The number of thiazole rings is 1. The largest absolute Gasteiger partial charge is 0.245 e. The monoisotopic (exact) mass is 334 g/mol. The van der Waals surface area contributed by atoms with E-state index in [9.17, 15) is 8.42 Å². The molecule has 6 heteroatoms. The molecule has 1 heterocycles. The molecule has 1 aromatic heterocycles. The van der Waals surface area contributed by atoms with Crippen LogP contribution in [0, 0.1) is 0 Å². The summed E-state index contributed by atoms with van der Waals surface area (Å²) in [5.74, 6) is 0.618. The van der Waals surface area contributed by atoms with Gasteiger partial charge in [-0.1, -0.05) is 6.07 Å². The molecular formula is C16H18N2O2S2. The van der Waals surface area contributed by atoms with Crippen molar-refractivity contribution in [3.8, 4) is 0 Å². The lowest BCUT2D eigenvalue weighted by molar-refractivity contribution is 0.580. The third-order valence-corrected chi connectivity index (χ3v) is 6.77. The molecule has 0 atom stereocenters. The third kappa shape index (κ3) is 2.83. The molecule has 2 aliphatic carbocycles. The standard InChI is InChI=1S/C16H18N2O2S2/c19-22(20,15-7-6-11-2-1-3-13(11)8-15)17-9-14-10-21-16(18-14)12-4-5-12/h6-8,10,12,17H,1-5,9H2. The van der Waals surface area contributed by atoms with Gasteiger partial charge < -0.3 is 0 Å². The molecule has 0 radical (unpaired) electrons. The zero-order valence-corrected chi connectivity index (χ0v) is 13.8. The second kappa shape index (κ2) is 5.44. The van der Waals surface area contributed by atoms with Crippen LogP contribution in [0.4, 0.5) is 0 Å². The number of hydrogen-bond acceptors (Lipinski definition) is 4. The summed E-state index contributed by atoms with van der Waals surface area (Å²) in [5, 5.41) is 3.10. The van der Waals surface area contributed by atoms with Crippen molar-refractivity contribution in [3.05, 3.63) is 45.4 Å². The number of fused-ring (bicyclic) bond motifs is 1. The Morgan fingerprint density at radius 3 is 2.86 bits per heavy atom. The molecule has 1 N–H and O–H groups in total. The Morgan fingerprint density at radius 2 is 2.05 bits per heavy atom. The maximum atomic E-state index is 12.4. The number of hydrogen-bond donors (Lipinski definition) is 1. The van der Waals surface area contributed by atoms with Gasteiger partial charge in [-0.2, -0.15) is 0 Å². The summed E-state index contributed by atoms with van der Waals surface area (Å²) in [5.41, 5.74) is 3.27. The Morgan fingerprint density at radius 1 is 1.23 bits per heavy atom. The predicted molar refractivity (Wildman–Crippen MR) is 86.6 cm³/mol. The molecule has 0 bridgehead atoms. The number of aryl methyl sites for hydroxylation is 2. The number of nitrogens with one attached hydrogen (secondary N) is 1. The molecule has 116 valence electrons. The number of benzene rings is 1. The zero-order valence-electron chi connectivity index (χ0n) is 12.2. The van der Waals surface area contributed by atoms with Crippen LogP contribution in [-0.2, 0) is 29.4 Å². The fourth-order valence-corrected chi connectivity index (χ4v) is 4.93. The topological polar surface area (TPSA) is 59.1 Å². The Kier molecular flexibility index (Phi) is 3.55. The summed E-state index contributed by atoms with van der Waals surface area (Å²) in [6, 6.07) is 5.48. The van der Waals surface area contributed by atoms with Gasteiger partial charge in [0.15, 0.2) is 0 Å². The number of rotatable bonds is 5. The van der Waals surface area contributed by atoms with Gasteiger partial charge in [-0.3, -0.25) is 0 Å². The molecule has 0 saturated heterocycles. The molecule has 4 rings (SSSR count). The van der Waals surface area contributed by atoms with Crippen LogP contribution in [0.25, 0.3) is 0 Å². The summed E-state index contributed by atoms with van der Waals surface area (Å²) >= 11 is 1.64. The predicted octanol–water partition coefficient (Wildman–Crippen LogP) is 2.99. The highest BCUT2D eigenvalue weighted by Crippen LogP contribution is 2.41. The maximum Gasteiger partial charge on any atom is 0.240 e. The molecule has 1 aromatic carbocycles. The van der Waals surface area contributed by atoms with Crippen molar-refractivity contribution in [3.63, 3.8) is 0 Å². The lowest BCUT2D eigenvalue weighted by atomic mass is 10.1. The zero-order chi connectivity index (χ0) is 15.2. The van der Waals surface area contributed by atoms with Gasteiger partial charge in [-0.25, -0.2) is 18.1 Å². The van der Waals surface area contributed by atoms with Gasteiger partial charge in [0.05, 0.1) is 22.1 Å². The van der Waals surface area contributed by atoms with Crippen LogP contribution in [0.2, 0.25) is 0 Å². The molecule has 1 fully saturated rings. The van der Waals surface area contributed by atoms with Crippen LogP contribution in [-0.4, -0.2) is 13.4 Å². The first-order valence-corrected chi connectivity index (χ1v) is 10.0. The van der Waals surface area contributed by atoms with Gasteiger partial charge in [0, 0.05) is 11.3 Å². The summed E-state index contributed by atoms with van der Waals surface area (Å²) < 4.78 is 27.5. The molecule has 2 aliphatic rings. The van der Waals surface area contributed by atoms with Gasteiger partial charge in [-0.15, -0.1) is 11.3 Å². The van der Waals surface area contributed by atoms with Gasteiger partial charge in [0.2, 0.25) is 10.0 Å². The van der Waals surface area contributed by atoms with E-state index < -0.39 is 10.0 Å². The van der Waals surface area contributed by atoms with Crippen molar-refractivity contribution >= 4 is 21.4 Å². The number of sulfonamides is 1. The Hall–Kier alpha value is -1.24. The summed E-state index contributed by atoms with van der Waals surface area (Å²) in [6.07, 6.45) is 5.60. The summed E-state index contributed by atoms with van der Waals surface area (Å²) in [4.78, 5) is 4.88. The van der Waals surface area contributed by atoms with Crippen molar-refractivity contribution in [2.45, 2.75) is 49.5 Å². The van der Waals surface area contributed by atoms with Crippen molar-refractivity contribution in [2.75, 3.05) is 0 Å². The van der Waals surface area contributed by atoms with Gasteiger partial charge >= 0.3 is 0 Å². The van der Waals surface area contributed by atoms with E-state index in [4.69, 9.17) is 0 Å². The van der Waals surface area contributed by atoms with Crippen LogP contribution in [0.15, 0.2) is 28.5 Å². The molecule has 0 unspecified atom stereocenters. The number of nitrogens with zero attached hydrogens (tertiary/aromatic N) is 1. The van der Waals surface area contributed by atoms with Gasteiger partial charge in [0.1, 0.15) is 0 Å². The third-order valence-electron chi connectivity index (χ3n) is 4.32. The first-order chi connectivity index (χ1) is 10.6. The van der Waals surface area contributed by atoms with Crippen molar-refractivity contribution in [1.82, 2.24) is 9.71 Å². The van der Waals surface area contributed by atoms with Crippen molar-refractivity contribution in [1.29, 1.82) is 0 Å². The highest BCUT2D eigenvalue weighted by molar-refractivity contribution is 7.89. The molecule has 0 amide bonds. The van der Waals surface area contributed by atoms with E-state index in [2.05, 4.69) is 9.71 Å². The normalized spacial score (nSPS) is 17.6. The second-order valence-corrected chi connectivity index (χ2v) is 8.72. The molecule has 0 aliphatic heterocycles. The van der Waals surface area contributed by atoms with Gasteiger partial charge in [0.25, 0.3) is 0 Å². The average Bonchev–Trinajstić information content (AvgIpc) is 3.08. The summed E-state index contributed by atoms with van der Waals surface area (Å²) in [7, 11) is -3.46. The average molecular weight is 334 g/mol. The minimum atomic E-state index is -3.46. The highest BCUT2D eigenvalue weighted by Gasteiger charge is 2.26. The van der Waals surface area contributed by atoms with E-state index in [0.717, 1.165) is 30.0 Å². The lowest BCUT2D eigenvalue weighted by Gasteiger charge is -2.07. The van der Waals surface area contributed by atoms with E-state index in [1.807, 2.05) is 17.5 Å². The first kappa shape index (κ1) is 14.4. The minimum absolute atomic E-state index is 0.267. The Labute approximate surface area is 134 Å². The van der Waals surface area contributed by atoms with Crippen LogP contribution in [0.3, 0.4) is 0 Å². The van der Waals surface area contributed by atoms with Gasteiger partial charge in [-0.05, 0) is 55.4 Å². The molecule has 2 aromatic rings. The Bertz CT molecular complexity index is 807. The van der Waals surface area contributed by atoms with Crippen LogP contribution < -0.4 is 4.72 Å². The van der Waals surface area contributed by atoms with E-state index in [0.29, 0.717) is 10.8 Å². The SMILES string of the molecule is O=S(=O)(NCc1csc(C2CC2)n1)c1ccc2c(c1)CCC2. The fourth-order valence-electron chi connectivity index (χ4n) is 2.89. The van der Waals surface area contributed by atoms with Crippen molar-refractivity contribution < 1.29 is 8.42 Å². The van der Waals surface area contributed by atoms with E-state index in [1.165, 1.54) is 24.0 Å². The lowest BCUT2D eigenvalue weighted by Crippen LogP contribution is -2.23. The molecule has 4 nitrogen and oxygen atoms in total. The first-order valence-electron chi connectivity index (χ1n) is 7.67. The quantitative estimate of drug-likeness (QED) is 0.914. The van der Waals surface area contributed by atoms with E-state index >= 15 is 0 Å². The minimum Gasteiger partial charge on any atom is -0.245 e. The summed E-state index contributed by atoms with van der Waals surface area (Å²) in [6.45, 7) is 0.267. The maximum absolute atomic E-state index is 12.4. The van der Waals surface area contributed by atoms with Crippen LogP contribution in [0.5, 0.6) is 0 Å². The highest BCUT2D eigenvalue weighted by atomic mass is 32.2.